The predicted octanol–water partition coefficient (Wildman–Crippen LogP) is 1.93. The number of carbonyl (C=O) groups excluding carboxylic acids is 1. The number of nitrogens with one attached hydrogen (secondary N) is 1. The van der Waals surface area contributed by atoms with Crippen molar-refractivity contribution in [1.82, 2.24) is 14.6 Å². The van der Waals surface area contributed by atoms with E-state index in [0.717, 1.165) is 11.8 Å². The van der Waals surface area contributed by atoms with Crippen molar-refractivity contribution in [3.63, 3.8) is 0 Å². The van der Waals surface area contributed by atoms with Crippen LogP contribution in [0.25, 0.3) is 0 Å². The fourth-order valence-corrected chi connectivity index (χ4v) is 3.08. The highest BCUT2D eigenvalue weighted by Crippen LogP contribution is 2.10. The summed E-state index contributed by atoms with van der Waals surface area (Å²) in [4.78, 5) is 15.9. The van der Waals surface area contributed by atoms with E-state index in [-0.39, 0.29) is 25.5 Å². The van der Waals surface area contributed by atoms with E-state index < -0.39 is 10.0 Å². The van der Waals surface area contributed by atoms with Gasteiger partial charge < -0.3 is 5.32 Å². The predicted molar refractivity (Wildman–Crippen MR) is 93.3 cm³/mol. The topological polar surface area (TPSA) is 79.4 Å². The van der Waals surface area contributed by atoms with Crippen molar-refractivity contribution in [1.29, 1.82) is 0 Å². The van der Waals surface area contributed by atoms with E-state index in [0.29, 0.717) is 10.6 Å². The van der Waals surface area contributed by atoms with E-state index in [1.807, 2.05) is 0 Å². The van der Waals surface area contributed by atoms with Crippen LogP contribution in [0.5, 0.6) is 0 Å². The van der Waals surface area contributed by atoms with Crippen LogP contribution in [0.1, 0.15) is 15.9 Å². The number of halogens is 1. The Kier molecular flexibility index (Phi) is 6.30. The van der Waals surface area contributed by atoms with Crippen molar-refractivity contribution >= 4 is 27.5 Å². The van der Waals surface area contributed by atoms with Gasteiger partial charge in [0.25, 0.3) is 5.91 Å². The Hall–Kier alpha value is -1.96. The second kappa shape index (κ2) is 8.23. The third kappa shape index (κ3) is 5.59. The zero-order valence-electron chi connectivity index (χ0n) is 13.1. The lowest BCUT2D eigenvalue weighted by atomic mass is 10.2. The van der Waals surface area contributed by atoms with Crippen molar-refractivity contribution in [2.24, 2.45) is 0 Å². The van der Waals surface area contributed by atoms with E-state index in [1.165, 1.54) is 4.31 Å². The van der Waals surface area contributed by atoms with Crippen LogP contribution in [0.4, 0.5) is 0 Å². The molecule has 0 aliphatic rings. The third-order valence-corrected chi connectivity index (χ3v) is 4.80. The Morgan fingerprint density at radius 3 is 2.58 bits per heavy atom. The lowest BCUT2D eigenvalue weighted by molar-refractivity contribution is 0.0951. The van der Waals surface area contributed by atoms with E-state index >= 15 is 0 Å². The maximum atomic E-state index is 12.0. The molecule has 1 amide bonds. The fraction of sp³-hybridized carbons (Fsp3) is 0.250. The summed E-state index contributed by atoms with van der Waals surface area (Å²) in [7, 11) is -3.39. The molecule has 0 saturated heterocycles. The first-order valence-electron chi connectivity index (χ1n) is 7.24. The molecular formula is C16H18ClN3O3S. The summed E-state index contributed by atoms with van der Waals surface area (Å²) < 4.78 is 25.1. The molecule has 1 aromatic carbocycles. The van der Waals surface area contributed by atoms with Gasteiger partial charge in [-0.05, 0) is 35.9 Å². The zero-order chi connectivity index (χ0) is 17.6. The van der Waals surface area contributed by atoms with Gasteiger partial charge in [0.15, 0.2) is 0 Å². The first kappa shape index (κ1) is 18.4. The fourth-order valence-electron chi connectivity index (χ4n) is 2.08. The second-order valence-corrected chi connectivity index (χ2v) is 7.64. The summed E-state index contributed by atoms with van der Waals surface area (Å²) in [6, 6.07) is 10.1. The first-order chi connectivity index (χ1) is 11.4. The van der Waals surface area contributed by atoms with Crippen LogP contribution in [-0.4, -0.2) is 43.0 Å². The van der Waals surface area contributed by atoms with Crippen LogP contribution in [0, 0.1) is 0 Å². The summed E-state index contributed by atoms with van der Waals surface area (Å²) in [6.45, 7) is 0.603. The third-order valence-electron chi connectivity index (χ3n) is 3.31. The van der Waals surface area contributed by atoms with Gasteiger partial charge in [0.05, 0.1) is 6.26 Å². The molecule has 0 aliphatic carbocycles. The van der Waals surface area contributed by atoms with Crippen LogP contribution in [0.15, 0.2) is 48.8 Å². The highest BCUT2D eigenvalue weighted by atomic mass is 35.5. The molecule has 1 heterocycles. The number of carbonyl (C=O) groups is 1. The van der Waals surface area contributed by atoms with Gasteiger partial charge in [-0.25, -0.2) is 8.42 Å². The monoisotopic (exact) mass is 367 g/mol. The lowest BCUT2D eigenvalue weighted by Gasteiger charge is -2.20. The summed E-state index contributed by atoms with van der Waals surface area (Å²) in [5.74, 6) is -0.296. The van der Waals surface area contributed by atoms with Gasteiger partial charge in [0, 0.05) is 42.6 Å². The number of nitrogens with zero attached hydrogens (tertiary/aromatic N) is 2. The molecule has 2 rings (SSSR count). The molecule has 24 heavy (non-hydrogen) atoms. The van der Waals surface area contributed by atoms with Crippen molar-refractivity contribution < 1.29 is 13.2 Å². The maximum Gasteiger partial charge on any atom is 0.251 e. The molecule has 1 N–H and O–H groups in total. The SMILES string of the molecule is CS(=O)(=O)N(CCNC(=O)c1cccc(Cl)c1)Cc1ccncc1. The molecule has 2 aromatic rings. The van der Waals surface area contributed by atoms with Crippen LogP contribution in [0.2, 0.25) is 5.02 Å². The average Bonchev–Trinajstić information content (AvgIpc) is 2.54. The number of hydrogen-bond acceptors (Lipinski definition) is 4. The molecule has 1 aromatic heterocycles. The minimum absolute atomic E-state index is 0.174. The largest absolute Gasteiger partial charge is 0.351 e. The Labute approximate surface area is 146 Å². The molecule has 128 valence electrons. The Balaban J connectivity index is 1.95. The number of pyridine rings is 1. The van der Waals surface area contributed by atoms with E-state index in [4.69, 9.17) is 11.6 Å². The Morgan fingerprint density at radius 2 is 1.96 bits per heavy atom. The highest BCUT2D eigenvalue weighted by Gasteiger charge is 2.17. The average molecular weight is 368 g/mol. The quantitative estimate of drug-likeness (QED) is 0.810. The number of amides is 1. The van der Waals surface area contributed by atoms with Gasteiger partial charge >= 0.3 is 0 Å². The second-order valence-electron chi connectivity index (χ2n) is 5.22. The van der Waals surface area contributed by atoms with Gasteiger partial charge in [-0.2, -0.15) is 4.31 Å². The highest BCUT2D eigenvalue weighted by molar-refractivity contribution is 7.88. The molecule has 6 nitrogen and oxygen atoms in total. The Morgan fingerprint density at radius 1 is 1.25 bits per heavy atom. The first-order valence-corrected chi connectivity index (χ1v) is 9.46. The van der Waals surface area contributed by atoms with Crippen LogP contribution >= 0.6 is 11.6 Å². The molecular weight excluding hydrogens is 350 g/mol. The van der Waals surface area contributed by atoms with Crippen molar-refractivity contribution in [2.75, 3.05) is 19.3 Å². The van der Waals surface area contributed by atoms with Crippen LogP contribution < -0.4 is 5.32 Å². The molecule has 8 heteroatoms. The van der Waals surface area contributed by atoms with E-state index in [9.17, 15) is 13.2 Å². The van der Waals surface area contributed by atoms with Crippen molar-refractivity contribution in [3.05, 3.63) is 64.9 Å². The molecule has 0 unspecified atom stereocenters. The molecule has 0 bridgehead atoms. The van der Waals surface area contributed by atoms with Crippen molar-refractivity contribution in [2.45, 2.75) is 6.54 Å². The van der Waals surface area contributed by atoms with Gasteiger partial charge in [-0.3, -0.25) is 9.78 Å². The summed E-state index contributed by atoms with van der Waals surface area (Å²) >= 11 is 5.85. The Bertz CT molecular complexity index is 797. The minimum atomic E-state index is -3.39. The minimum Gasteiger partial charge on any atom is -0.351 e. The van der Waals surface area contributed by atoms with Crippen LogP contribution in [0.3, 0.4) is 0 Å². The van der Waals surface area contributed by atoms with Gasteiger partial charge in [-0.15, -0.1) is 0 Å². The number of sulfonamides is 1. The smallest absolute Gasteiger partial charge is 0.251 e. The zero-order valence-corrected chi connectivity index (χ0v) is 14.7. The van der Waals surface area contributed by atoms with Gasteiger partial charge in [-0.1, -0.05) is 17.7 Å². The number of rotatable bonds is 7. The van der Waals surface area contributed by atoms with Crippen molar-refractivity contribution in [3.8, 4) is 0 Å². The molecule has 0 fully saturated rings. The summed E-state index contributed by atoms with van der Waals surface area (Å²) in [5, 5.41) is 3.17. The number of hydrogen-bond donors (Lipinski definition) is 1. The lowest BCUT2D eigenvalue weighted by Crippen LogP contribution is -2.37. The molecule has 0 saturated carbocycles. The van der Waals surface area contributed by atoms with Gasteiger partial charge in [0.2, 0.25) is 10.0 Å². The van der Waals surface area contributed by atoms with E-state index in [2.05, 4.69) is 10.3 Å². The number of benzene rings is 1. The van der Waals surface area contributed by atoms with E-state index in [1.54, 1.807) is 48.8 Å². The standard InChI is InChI=1S/C16H18ClN3O3S/c1-24(22,23)20(12-13-5-7-18-8-6-13)10-9-19-16(21)14-3-2-4-15(17)11-14/h2-8,11H,9-10,12H2,1H3,(H,19,21). The normalized spacial score (nSPS) is 11.5. The van der Waals surface area contributed by atoms with Gasteiger partial charge in [0.1, 0.15) is 0 Å². The molecule has 0 atom stereocenters. The van der Waals surface area contributed by atoms with Crippen LogP contribution in [-0.2, 0) is 16.6 Å². The summed E-state index contributed by atoms with van der Waals surface area (Å²) in [6.07, 6.45) is 4.36. The summed E-state index contributed by atoms with van der Waals surface area (Å²) in [5.41, 5.74) is 1.26. The molecule has 0 radical (unpaired) electrons. The number of aromatic nitrogens is 1. The molecule has 0 aliphatic heterocycles. The maximum absolute atomic E-state index is 12.0. The molecule has 0 spiro atoms.